The van der Waals surface area contributed by atoms with E-state index in [0.29, 0.717) is 11.7 Å². The van der Waals surface area contributed by atoms with Gasteiger partial charge in [0.2, 0.25) is 0 Å². The second-order valence-corrected chi connectivity index (χ2v) is 7.06. The Morgan fingerprint density at radius 2 is 1.82 bits per heavy atom. The average Bonchev–Trinajstić information content (AvgIpc) is 2.49. The van der Waals surface area contributed by atoms with Crippen LogP contribution in [0.1, 0.15) is 60.3 Å². The van der Waals surface area contributed by atoms with Crippen LogP contribution in [0.3, 0.4) is 0 Å². The SMILES string of the molecule is CC(=O)[C@@]1(C)CC[C@]2(C[C@@H]1C)OCCC2(C)C. The smallest absolute Gasteiger partial charge is 0.135 e. The first-order valence-electron chi connectivity index (χ1n) is 6.89. The van der Waals surface area contributed by atoms with Crippen LogP contribution in [0.4, 0.5) is 0 Å². The van der Waals surface area contributed by atoms with Gasteiger partial charge in [0.1, 0.15) is 5.78 Å². The van der Waals surface area contributed by atoms with Gasteiger partial charge in [0.25, 0.3) is 0 Å². The van der Waals surface area contributed by atoms with E-state index in [1.165, 1.54) is 0 Å². The van der Waals surface area contributed by atoms with E-state index >= 15 is 0 Å². The molecule has 0 aromatic carbocycles. The Hall–Kier alpha value is -0.370. The molecule has 2 rings (SSSR count). The van der Waals surface area contributed by atoms with Crippen molar-refractivity contribution in [3.05, 3.63) is 0 Å². The first kappa shape index (κ1) is 13.1. The number of carbonyl (C=O) groups is 1. The van der Waals surface area contributed by atoms with Crippen LogP contribution >= 0.6 is 0 Å². The number of ether oxygens (including phenoxy) is 1. The minimum atomic E-state index is -0.132. The molecule has 0 aromatic heterocycles. The van der Waals surface area contributed by atoms with Gasteiger partial charge in [-0.3, -0.25) is 4.79 Å². The van der Waals surface area contributed by atoms with E-state index in [4.69, 9.17) is 4.74 Å². The third-order valence-corrected chi connectivity index (χ3v) is 5.91. The molecule has 0 radical (unpaired) electrons. The average molecular weight is 238 g/mol. The van der Waals surface area contributed by atoms with E-state index in [1.807, 2.05) is 0 Å². The van der Waals surface area contributed by atoms with Gasteiger partial charge in [-0.1, -0.05) is 27.7 Å². The fraction of sp³-hybridized carbons (Fsp3) is 0.933. The van der Waals surface area contributed by atoms with Gasteiger partial charge >= 0.3 is 0 Å². The number of hydrogen-bond acceptors (Lipinski definition) is 2. The van der Waals surface area contributed by atoms with Crippen molar-refractivity contribution in [2.75, 3.05) is 6.61 Å². The van der Waals surface area contributed by atoms with Gasteiger partial charge in [0.15, 0.2) is 0 Å². The summed E-state index contributed by atoms with van der Waals surface area (Å²) in [4.78, 5) is 11.9. The minimum Gasteiger partial charge on any atom is -0.374 e. The number of Topliss-reactive ketones (excluding diaryl/α,β-unsaturated/α-hetero) is 1. The van der Waals surface area contributed by atoms with Gasteiger partial charge in [-0.05, 0) is 43.9 Å². The predicted molar refractivity (Wildman–Crippen MR) is 68.9 cm³/mol. The van der Waals surface area contributed by atoms with Crippen LogP contribution in [0, 0.1) is 16.7 Å². The first-order valence-corrected chi connectivity index (χ1v) is 6.89. The highest BCUT2D eigenvalue weighted by atomic mass is 16.5. The Bertz CT molecular complexity index is 334. The standard InChI is InChI=1S/C15H26O2/c1-11-10-15(13(3,4)8-9-17-15)7-6-14(11,5)12(2)16/h11H,6-10H2,1-5H3/t11-,14-,15+/m0/s1. The van der Waals surface area contributed by atoms with E-state index < -0.39 is 0 Å². The summed E-state index contributed by atoms with van der Waals surface area (Å²) in [7, 11) is 0. The summed E-state index contributed by atoms with van der Waals surface area (Å²) in [6, 6.07) is 0. The van der Waals surface area contributed by atoms with E-state index in [1.54, 1.807) is 6.92 Å². The summed E-state index contributed by atoms with van der Waals surface area (Å²) in [5, 5.41) is 0. The Labute approximate surface area is 105 Å². The van der Waals surface area contributed by atoms with Gasteiger partial charge in [0.05, 0.1) is 5.60 Å². The Morgan fingerprint density at radius 3 is 2.24 bits per heavy atom. The molecule has 1 saturated carbocycles. The maximum atomic E-state index is 11.9. The van der Waals surface area contributed by atoms with E-state index in [2.05, 4.69) is 27.7 Å². The number of carbonyl (C=O) groups excluding carboxylic acids is 1. The van der Waals surface area contributed by atoms with Crippen molar-refractivity contribution in [3.63, 3.8) is 0 Å². The van der Waals surface area contributed by atoms with Crippen LogP contribution in [-0.2, 0) is 9.53 Å². The number of ketones is 1. The molecule has 0 N–H and O–H groups in total. The first-order chi connectivity index (χ1) is 7.74. The van der Waals surface area contributed by atoms with Gasteiger partial charge in [-0.15, -0.1) is 0 Å². The van der Waals surface area contributed by atoms with Crippen LogP contribution in [0.15, 0.2) is 0 Å². The zero-order valence-electron chi connectivity index (χ0n) is 11.9. The van der Waals surface area contributed by atoms with Crippen molar-refractivity contribution >= 4 is 5.78 Å². The fourth-order valence-corrected chi connectivity index (χ4v) is 3.72. The van der Waals surface area contributed by atoms with Gasteiger partial charge in [-0.2, -0.15) is 0 Å². The molecule has 3 atom stereocenters. The van der Waals surface area contributed by atoms with E-state index in [-0.39, 0.29) is 16.4 Å². The Kier molecular flexibility index (Phi) is 2.93. The summed E-state index contributed by atoms with van der Waals surface area (Å²) < 4.78 is 6.13. The molecule has 1 aliphatic heterocycles. The second-order valence-electron chi connectivity index (χ2n) is 7.06. The summed E-state index contributed by atoms with van der Waals surface area (Å²) >= 11 is 0. The molecule has 0 amide bonds. The molecule has 0 bridgehead atoms. The highest BCUT2D eigenvalue weighted by Crippen LogP contribution is 2.56. The molecule has 2 fully saturated rings. The molecule has 2 heteroatoms. The maximum Gasteiger partial charge on any atom is 0.135 e. The van der Waals surface area contributed by atoms with Crippen LogP contribution in [0.25, 0.3) is 0 Å². The lowest BCUT2D eigenvalue weighted by Gasteiger charge is -2.51. The maximum absolute atomic E-state index is 11.9. The second kappa shape index (κ2) is 3.81. The molecule has 0 aromatic rings. The van der Waals surface area contributed by atoms with E-state index in [9.17, 15) is 4.79 Å². The van der Waals surface area contributed by atoms with Crippen molar-refractivity contribution in [2.24, 2.45) is 16.7 Å². The van der Waals surface area contributed by atoms with Gasteiger partial charge in [-0.25, -0.2) is 0 Å². The molecule has 0 unspecified atom stereocenters. The zero-order chi connectivity index (χ0) is 12.9. The molecule has 1 heterocycles. The summed E-state index contributed by atoms with van der Waals surface area (Å²) in [6.45, 7) is 11.6. The lowest BCUT2D eigenvalue weighted by molar-refractivity contribution is -0.146. The van der Waals surface area contributed by atoms with Gasteiger partial charge < -0.3 is 4.74 Å². The van der Waals surface area contributed by atoms with Crippen molar-refractivity contribution in [2.45, 2.75) is 65.9 Å². The zero-order valence-corrected chi connectivity index (χ0v) is 11.9. The summed E-state index contributed by atoms with van der Waals surface area (Å²) in [6.07, 6.45) is 4.21. The van der Waals surface area contributed by atoms with Crippen LogP contribution in [0.2, 0.25) is 0 Å². The van der Waals surface area contributed by atoms with Crippen molar-refractivity contribution in [3.8, 4) is 0 Å². The molecular weight excluding hydrogens is 212 g/mol. The van der Waals surface area contributed by atoms with Crippen molar-refractivity contribution in [1.29, 1.82) is 0 Å². The monoisotopic (exact) mass is 238 g/mol. The molecule has 2 aliphatic rings. The largest absolute Gasteiger partial charge is 0.374 e. The number of hydrogen-bond donors (Lipinski definition) is 0. The van der Waals surface area contributed by atoms with Crippen molar-refractivity contribution < 1.29 is 9.53 Å². The molecule has 1 spiro atoms. The highest BCUT2D eigenvalue weighted by Gasteiger charge is 2.56. The molecule has 98 valence electrons. The quantitative estimate of drug-likeness (QED) is 0.698. The number of rotatable bonds is 1. The van der Waals surface area contributed by atoms with Crippen molar-refractivity contribution in [1.82, 2.24) is 0 Å². The summed E-state index contributed by atoms with van der Waals surface area (Å²) in [5.74, 6) is 0.766. The molecule has 1 aliphatic carbocycles. The van der Waals surface area contributed by atoms with Crippen LogP contribution < -0.4 is 0 Å². The topological polar surface area (TPSA) is 26.3 Å². The fourth-order valence-electron chi connectivity index (χ4n) is 3.72. The normalized spacial score (nSPS) is 45.1. The predicted octanol–water partition coefficient (Wildman–Crippen LogP) is 3.59. The lowest BCUT2D eigenvalue weighted by atomic mass is 9.56. The molecule has 2 nitrogen and oxygen atoms in total. The molecular formula is C15H26O2. The van der Waals surface area contributed by atoms with Gasteiger partial charge in [0, 0.05) is 12.0 Å². The molecule has 1 saturated heterocycles. The third-order valence-electron chi connectivity index (χ3n) is 5.91. The summed E-state index contributed by atoms with van der Waals surface area (Å²) in [5.41, 5.74) is 0.161. The minimum absolute atomic E-state index is 0.0291. The van der Waals surface area contributed by atoms with Crippen LogP contribution in [-0.4, -0.2) is 18.0 Å². The molecule has 17 heavy (non-hydrogen) atoms. The lowest BCUT2D eigenvalue weighted by Crippen LogP contribution is -2.51. The Morgan fingerprint density at radius 1 is 1.18 bits per heavy atom. The third kappa shape index (κ3) is 1.76. The highest BCUT2D eigenvalue weighted by molar-refractivity contribution is 5.82. The van der Waals surface area contributed by atoms with Crippen LogP contribution in [0.5, 0.6) is 0 Å². The Balaban J connectivity index is 2.23. The van der Waals surface area contributed by atoms with E-state index in [0.717, 1.165) is 32.3 Å².